The molecule has 0 spiro atoms. The van der Waals surface area contributed by atoms with E-state index in [1.807, 2.05) is 25.3 Å². The normalized spacial score (nSPS) is 11.9. The Kier molecular flexibility index (Phi) is 3.71. The molecule has 0 amide bonds. The molecule has 0 unspecified atom stereocenters. The second-order valence-corrected chi connectivity index (χ2v) is 5.76. The highest BCUT2D eigenvalue weighted by atomic mass is 79.9. The van der Waals surface area contributed by atoms with E-state index in [1.165, 1.54) is 12.1 Å². The molecule has 1 aromatic heterocycles. The first-order valence-corrected chi connectivity index (χ1v) is 6.93. The van der Waals surface area contributed by atoms with Crippen LogP contribution in [0, 0.1) is 11.6 Å². The zero-order chi connectivity index (χ0) is 14.2. The van der Waals surface area contributed by atoms with Crippen LogP contribution in [0.5, 0.6) is 0 Å². The van der Waals surface area contributed by atoms with Gasteiger partial charge in [-0.2, -0.15) is 0 Å². The third-order valence-electron chi connectivity index (χ3n) is 2.69. The van der Waals surface area contributed by atoms with Gasteiger partial charge in [0.15, 0.2) is 5.82 Å². The number of aromatic nitrogens is 3. The van der Waals surface area contributed by atoms with Crippen molar-refractivity contribution in [1.82, 2.24) is 14.8 Å². The number of hydrogen-bond acceptors (Lipinski definition) is 2. The number of hydrogen-bond donors (Lipinski definition) is 0. The standard InChI is InChI=1S/C13H14BrF2N3/c1-13(2,3)19-11(7-14)17-18-12(19)9-5-4-8(15)6-10(9)16/h4-6H,7H2,1-3H3. The van der Waals surface area contributed by atoms with Crippen molar-refractivity contribution in [1.29, 1.82) is 0 Å². The zero-order valence-electron chi connectivity index (χ0n) is 10.9. The summed E-state index contributed by atoms with van der Waals surface area (Å²) >= 11 is 3.34. The lowest BCUT2D eigenvalue weighted by atomic mass is 10.1. The lowest BCUT2D eigenvalue weighted by Crippen LogP contribution is -2.25. The molecule has 0 atom stereocenters. The average molecular weight is 330 g/mol. The fourth-order valence-corrected chi connectivity index (χ4v) is 2.32. The first kappa shape index (κ1) is 14.1. The van der Waals surface area contributed by atoms with Gasteiger partial charge in [-0.3, -0.25) is 0 Å². The summed E-state index contributed by atoms with van der Waals surface area (Å²) in [6, 6.07) is 3.45. The predicted octanol–water partition coefficient (Wildman–Crippen LogP) is 3.87. The van der Waals surface area contributed by atoms with Gasteiger partial charge in [0, 0.05) is 11.6 Å². The van der Waals surface area contributed by atoms with Gasteiger partial charge in [-0.05, 0) is 32.9 Å². The molecule has 0 bridgehead atoms. The Bertz CT molecular complexity index is 602. The molecule has 0 saturated heterocycles. The van der Waals surface area contributed by atoms with Crippen LogP contribution >= 0.6 is 15.9 Å². The zero-order valence-corrected chi connectivity index (χ0v) is 12.5. The SMILES string of the molecule is CC(C)(C)n1c(CBr)nnc1-c1ccc(F)cc1F. The van der Waals surface area contributed by atoms with Crippen molar-refractivity contribution in [3.8, 4) is 11.4 Å². The highest BCUT2D eigenvalue weighted by Crippen LogP contribution is 2.28. The van der Waals surface area contributed by atoms with Crippen molar-refractivity contribution in [3.05, 3.63) is 35.7 Å². The molecule has 1 aromatic carbocycles. The maximum absolute atomic E-state index is 13.9. The molecule has 0 fully saturated rings. The second-order valence-electron chi connectivity index (χ2n) is 5.20. The Balaban J connectivity index is 2.66. The van der Waals surface area contributed by atoms with Crippen LogP contribution in [-0.4, -0.2) is 14.8 Å². The molecule has 0 N–H and O–H groups in total. The van der Waals surface area contributed by atoms with Gasteiger partial charge in [-0.15, -0.1) is 10.2 Å². The maximum Gasteiger partial charge on any atom is 0.167 e. The van der Waals surface area contributed by atoms with Gasteiger partial charge in [-0.25, -0.2) is 8.78 Å². The van der Waals surface area contributed by atoms with Crippen LogP contribution in [0.3, 0.4) is 0 Å². The summed E-state index contributed by atoms with van der Waals surface area (Å²) in [6.07, 6.45) is 0. The Morgan fingerprint density at radius 2 is 1.89 bits per heavy atom. The van der Waals surface area contributed by atoms with Crippen molar-refractivity contribution >= 4 is 15.9 Å². The Hall–Kier alpha value is -1.30. The molecular formula is C13H14BrF2N3. The van der Waals surface area contributed by atoms with E-state index in [0.717, 1.165) is 6.07 Å². The van der Waals surface area contributed by atoms with Gasteiger partial charge in [0.1, 0.15) is 17.5 Å². The van der Waals surface area contributed by atoms with Crippen molar-refractivity contribution in [2.75, 3.05) is 0 Å². The van der Waals surface area contributed by atoms with Crippen LogP contribution in [-0.2, 0) is 10.9 Å². The van der Waals surface area contributed by atoms with Gasteiger partial charge in [0.25, 0.3) is 0 Å². The summed E-state index contributed by atoms with van der Waals surface area (Å²) in [5.74, 6) is -0.145. The minimum atomic E-state index is -0.640. The molecule has 19 heavy (non-hydrogen) atoms. The fraction of sp³-hybridized carbons (Fsp3) is 0.385. The van der Waals surface area contributed by atoms with Gasteiger partial charge in [0.05, 0.1) is 10.9 Å². The van der Waals surface area contributed by atoms with Crippen molar-refractivity contribution in [3.63, 3.8) is 0 Å². The van der Waals surface area contributed by atoms with Crippen LogP contribution < -0.4 is 0 Å². The Morgan fingerprint density at radius 1 is 1.21 bits per heavy atom. The number of benzene rings is 1. The van der Waals surface area contributed by atoms with E-state index in [4.69, 9.17) is 0 Å². The van der Waals surface area contributed by atoms with E-state index in [1.54, 1.807) is 0 Å². The molecule has 2 rings (SSSR count). The first-order valence-electron chi connectivity index (χ1n) is 5.80. The minimum Gasteiger partial charge on any atom is -0.305 e. The minimum absolute atomic E-state index is 0.246. The second kappa shape index (κ2) is 5.00. The molecule has 2 aromatic rings. The highest BCUT2D eigenvalue weighted by Gasteiger charge is 2.24. The van der Waals surface area contributed by atoms with Gasteiger partial charge in [0.2, 0.25) is 0 Å². The van der Waals surface area contributed by atoms with Crippen LogP contribution in [0.4, 0.5) is 8.78 Å². The lowest BCUT2D eigenvalue weighted by molar-refractivity contribution is 0.390. The highest BCUT2D eigenvalue weighted by molar-refractivity contribution is 9.08. The van der Waals surface area contributed by atoms with E-state index in [0.29, 0.717) is 17.0 Å². The first-order chi connectivity index (χ1) is 8.84. The largest absolute Gasteiger partial charge is 0.305 e. The quantitative estimate of drug-likeness (QED) is 0.783. The average Bonchev–Trinajstić information content (AvgIpc) is 2.72. The van der Waals surface area contributed by atoms with Crippen LogP contribution in [0.2, 0.25) is 0 Å². The molecule has 0 saturated carbocycles. The molecule has 0 aliphatic rings. The van der Waals surface area contributed by atoms with Crippen molar-refractivity contribution in [2.24, 2.45) is 0 Å². The third-order valence-corrected chi connectivity index (χ3v) is 3.19. The molecule has 3 nitrogen and oxygen atoms in total. The molecule has 0 aliphatic heterocycles. The monoisotopic (exact) mass is 329 g/mol. The summed E-state index contributed by atoms with van der Waals surface area (Å²) in [5, 5.41) is 8.60. The number of nitrogens with zero attached hydrogens (tertiary/aromatic N) is 3. The number of rotatable bonds is 2. The van der Waals surface area contributed by atoms with E-state index in [2.05, 4.69) is 26.1 Å². The van der Waals surface area contributed by atoms with Crippen LogP contribution in [0.15, 0.2) is 18.2 Å². The van der Waals surface area contributed by atoms with Gasteiger partial charge < -0.3 is 4.57 Å². The van der Waals surface area contributed by atoms with Gasteiger partial charge in [-0.1, -0.05) is 15.9 Å². The van der Waals surface area contributed by atoms with E-state index in [-0.39, 0.29) is 11.1 Å². The van der Waals surface area contributed by atoms with Crippen LogP contribution in [0.1, 0.15) is 26.6 Å². The molecule has 6 heteroatoms. The molecular weight excluding hydrogens is 316 g/mol. The van der Waals surface area contributed by atoms with Gasteiger partial charge >= 0.3 is 0 Å². The smallest absolute Gasteiger partial charge is 0.167 e. The predicted molar refractivity (Wildman–Crippen MR) is 73.0 cm³/mol. The summed E-state index contributed by atoms with van der Waals surface area (Å²) in [5.41, 5.74) is -0.0565. The fourth-order valence-electron chi connectivity index (χ4n) is 1.95. The summed E-state index contributed by atoms with van der Waals surface area (Å²) in [7, 11) is 0. The Labute approximate surface area is 118 Å². The van der Waals surface area contributed by atoms with Crippen LogP contribution in [0.25, 0.3) is 11.4 Å². The Morgan fingerprint density at radius 3 is 2.42 bits per heavy atom. The van der Waals surface area contributed by atoms with E-state index >= 15 is 0 Å². The molecule has 1 heterocycles. The third kappa shape index (κ3) is 2.68. The maximum atomic E-state index is 13.9. The van der Waals surface area contributed by atoms with E-state index < -0.39 is 11.6 Å². The summed E-state index contributed by atoms with van der Waals surface area (Å²) in [6.45, 7) is 5.94. The van der Waals surface area contributed by atoms with E-state index in [9.17, 15) is 8.78 Å². The summed E-state index contributed by atoms with van der Waals surface area (Å²) < 4.78 is 28.7. The molecule has 102 valence electrons. The van der Waals surface area contributed by atoms with Crippen molar-refractivity contribution < 1.29 is 8.78 Å². The number of alkyl halides is 1. The molecule has 0 radical (unpaired) electrons. The topological polar surface area (TPSA) is 30.7 Å². The number of halogens is 3. The lowest BCUT2D eigenvalue weighted by Gasteiger charge is -2.24. The van der Waals surface area contributed by atoms with Crippen molar-refractivity contribution in [2.45, 2.75) is 31.6 Å². The molecule has 0 aliphatic carbocycles. The summed E-state index contributed by atoms with van der Waals surface area (Å²) in [4.78, 5) is 0.